The lowest BCUT2D eigenvalue weighted by Crippen LogP contribution is -2.32. The van der Waals surface area contributed by atoms with Crippen molar-refractivity contribution in [3.63, 3.8) is 0 Å². The number of carboxylic acids is 1. The topological polar surface area (TPSA) is 74.7 Å². The molecule has 0 fully saturated rings. The molecule has 156 valence electrons. The van der Waals surface area contributed by atoms with E-state index in [1.54, 1.807) is 12.1 Å². The highest BCUT2D eigenvalue weighted by atomic mass is 79.9. The van der Waals surface area contributed by atoms with E-state index in [2.05, 4.69) is 15.9 Å². The van der Waals surface area contributed by atoms with Crippen molar-refractivity contribution in [2.24, 2.45) is 0 Å². The maximum Gasteiger partial charge on any atom is 0.336 e. The first-order valence-electron chi connectivity index (χ1n) is 9.09. The molecule has 3 aromatic rings. The minimum Gasteiger partial charge on any atom is -0.478 e. The summed E-state index contributed by atoms with van der Waals surface area (Å²) >= 11 is 9.09. The largest absolute Gasteiger partial charge is 0.478 e. The minimum atomic E-state index is -3.93. The zero-order chi connectivity index (χ0) is 21.7. The van der Waals surface area contributed by atoms with Gasteiger partial charge in [0.1, 0.15) is 0 Å². The summed E-state index contributed by atoms with van der Waals surface area (Å²) < 4.78 is 28.5. The molecule has 5 nitrogen and oxygen atoms in total. The van der Waals surface area contributed by atoms with Crippen LogP contribution >= 0.6 is 27.5 Å². The van der Waals surface area contributed by atoms with Crippen molar-refractivity contribution in [1.82, 2.24) is 4.31 Å². The van der Waals surface area contributed by atoms with Crippen LogP contribution in [-0.2, 0) is 23.0 Å². The monoisotopic (exact) mass is 507 g/mol. The molecular weight excluding hydrogens is 490 g/mol. The molecule has 30 heavy (non-hydrogen) atoms. The van der Waals surface area contributed by atoms with E-state index < -0.39 is 16.0 Å². The Bertz CT molecular complexity index is 1140. The van der Waals surface area contributed by atoms with Crippen LogP contribution in [0.4, 0.5) is 0 Å². The van der Waals surface area contributed by atoms with E-state index in [-0.39, 0.29) is 23.5 Å². The van der Waals surface area contributed by atoms with Crippen LogP contribution in [0.5, 0.6) is 0 Å². The zero-order valence-electron chi connectivity index (χ0n) is 15.8. The van der Waals surface area contributed by atoms with Crippen molar-refractivity contribution in [1.29, 1.82) is 0 Å². The highest BCUT2D eigenvalue weighted by molar-refractivity contribution is 9.10. The van der Waals surface area contributed by atoms with Gasteiger partial charge in [-0.05, 0) is 63.8 Å². The van der Waals surface area contributed by atoms with Gasteiger partial charge < -0.3 is 5.11 Å². The molecule has 0 aliphatic heterocycles. The molecule has 0 bridgehead atoms. The second-order valence-electron chi connectivity index (χ2n) is 6.65. The van der Waals surface area contributed by atoms with Crippen LogP contribution in [0.1, 0.15) is 21.5 Å². The quantitative estimate of drug-likeness (QED) is 0.452. The minimum absolute atomic E-state index is 0.0601. The van der Waals surface area contributed by atoms with Gasteiger partial charge >= 0.3 is 5.97 Å². The van der Waals surface area contributed by atoms with E-state index in [9.17, 15) is 18.3 Å². The van der Waals surface area contributed by atoms with E-state index in [0.717, 1.165) is 11.1 Å². The number of nitrogens with zero attached hydrogens (tertiary/aromatic N) is 1. The number of benzene rings is 3. The lowest BCUT2D eigenvalue weighted by Gasteiger charge is -2.23. The van der Waals surface area contributed by atoms with Crippen LogP contribution in [0.3, 0.4) is 0 Å². The average molecular weight is 509 g/mol. The Morgan fingerprint density at radius 3 is 2.27 bits per heavy atom. The number of sulfonamides is 1. The molecule has 0 atom stereocenters. The molecule has 0 spiro atoms. The normalized spacial score (nSPS) is 11.6. The molecule has 0 amide bonds. The van der Waals surface area contributed by atoms with Gasteiger partial charge in [0.25, 0.3) is 0 Å². The number of rotatable bonds is 8. The van der Waals surface area contributed by atoms with Gasteiger partial charge in [0.2, 0.25) is 10.0 Å². The molecule has 0 radical (unpaired) electrons. The first-order valence-corrected chi connectivity index (χ1v) is 11.7. The molecule has 0 saturated heterocycles. The molecule has 0 aliphatic rings. The molecule has 0 unspecified atom stereocenters. The van der Waals surface area contributed by atoms with Crippen LogP contribution < -0.4 is 0 Å². The Hall–Kier alpha value is -2.19. The predicted molar refractivity (Wildman–Crippen MR) is 120 cm³/mol. The van der Waals surface area contributed by atoms with Crippen molar-refractivity contribution in [3.8, 4) is 0 Å². The Morgan fingerprint density at radius 1 is 0.967 bits per heavy atom. The number of aromatic carboxylic acids is 1. The van der Waals surface area contributed by atoms with Crippen LogP contribution in [0, 0.1) is 0 Å². The Morgan fingerprint density at radius 2 is 1.63 bits per heavy atom. The standard InChI is InChI=1S/C22H19BrClNO4S/c23-21-11-10-19(14-20(21)22(26)27)30(28,29)25(15-17-4-2-1-3-5-17)13-12-16-6-8-18(24)9-7-16/h1-11,14H,12-13,15H2,(H,26,27). The molecule has 0 saturated carbocycles. The van der Waals surface area contributed by atoms with Gasteiger partial charge in [0.15, 0.2) is 0 Å². The molecular formula is C22H19BrClNO4S. The van der Waals surface area contributed by atoms with Gasteiger partial charge in [0, 0.05) is 22.6 Å². The maximum atomic E-state index is 13.4. The van der Waals surface area contributed by atoms with E-state index in [4.69, 9.17) is 11.6 Å². The lowest BCUT2D eigenvalue weighted by molar-refractivity contribution is 0.0695. The Kier molecular flexibility index (Phi) is 7.31. The first kappa shape index (κ1) is 22.5. The summed E-state index contributed by atoms with van der Waals surface area (Å²) in [5.74, 6) is -1.20. The lowest BCUT2D eigenvalue weighted by atomic mass is 10.1. The first-order chi connectivity index (χ1) is 14.3. The van der Waals surface area contributed by atoms with Gasteiger partial charge in [0.05, 0.1) is 10.5 Å². The van der Waals surface area contributed by atoms with Gasteiger partial charge in [-0.1, -0.05) is 54.1 Å². The van der Waals surface area contributed by atoms with Crippen LogP contribution in [0.15, 0.2) is 82.2 Å². The number of carbonyl (C=O) groups is 1. The van der Waals surface area contributed by atoms with Crippen molar-refractivity contribution in [2.45, 2.75) is 17.9 Å². The number of halogens is 2. The third-order valence-electron chi connectivity index (χ3n) is 4.57. The summed E-state index contributed by atoms with van der Waals surface area (Å²) in [7, 11) is -3.93. The van der Waals surface area contributed by atoms with E-state index in [1.807, 2.05) is 42.5 Å². The van der Waals surface area contributed by atoms with Gasteiger partial charge in [-0.25, -0.2) is 13.2 Å². The molecule has 0 heterocycles. The van der Waals surface area contributed by atoms with Crippen molar-refractivity contribution >= 4 is 43.5 Å². The van der Waals surface area contributed by atoms with Gasteiger partial charge in [-0.2, -0.15) is 4.31 Å². The van der Waals surface area contributed by atoms with Crippen molar-refractivity contribution in [3.05, 3.63) is 99.0 Å². The molecule has 3 rings (SSSR count). The summed E-state index contributed by atoms with van der Waals surface area (Å²) in [5.41, 5.74) is 1.69. The summed E-state index contributed by atoms with van der Waals surface area (Å²) in [6.07, 6.45) is 0.492. The highest BCUT2D eigenvalue weighted by Gasteiger charge is 2.26. The summed E-state index contributed by atoms with van der Waals surface area (Å²) in [6.45, 7) is 0.409. The summed E-state index contributed by atoms with van der Waals surface area (Å²) in [5, 5.41) is 9.97. The van der Waals surface area contributed by atoms with Crippen molar-refractivity contribution in [2.75, 3.05) is 6.54 Å². The maximum absolute atomic E-state index is 13.4. The number of carboxylic acid groups (broad SMARTS) is 1. The Labute approximate surface area is 189 Å². The summed E-state index contributed by atoms with van der Waals surface area (Å²) in [6, 6.07) is 20.6. The molecule has 1 N–H and O–H groups in total. The highest BCUT2D eigenvalue weighted by Crippen LogP contribution is 2.25. The SMILES string of the molecule is O=C(O)c1cc(S(=O)(=O)N(CCc2ccc(Cl)cc2)Cc2ccccc2)ccc1Br. The second-order valence-corrected chi connectivity index (χ2v) is 9.88. The van der Waals surface area contributed by atoms with Gasteiger partial charge in [-0.3, -0.25) is 0 Å². The van der Waals surface area contributed by atoms with Gasteiger partial charge in [-0.15, -0.1) is 0 Å². The number of hydrogen-bond acceptors (Lipinski definition) is 3. The average Bonchev–Trinajstić information content (AvgIpc) is 2.73. The number of hydrogen-bond donors (Lipinski definition) is 1. The third kappa shape index (κ3) is 5.49. The molecule has 3 aromatic carbocycles. The molecule has 0 aromatic heterocycles. The van der Waals surface area contributed by atoms with Crippen LogP contribution in [-0.4, -0.2) is 30.3 Å². The fourth-order valence-corrected chi connectivity index (χ4v) is 4.95. The van der Waals surface area contributed by atoms with Crippen LogP contribution in [0.25, 0.3) is 0 Å². The third-order valence-corrected chi connectivity index (χ3v) is 7.36. The van der Waals surface area contributed by atoms with Crippen molar-refractivity contribution < 1.29 is 18.3 Å². The molecule has 0 aliphatic carbocycles. The zero-order valence-corrected chi connectivity index (χ0v) is 19.0. The summed E-state index contributed by atoms with van der Waals surface area (Å²) in [4.78, 5) is 11.4. The van der Waals surface area contributed by atoms with E-state index >= 15 is 0 Å². The van der Waals surface area contributed by atoms with E-state index in [0.29, 0.717) is 15.9 Å². The van der Waals surface area contributed by atoms with Crippen LogP contribution in [0.2, 0.25) is 5.02 Å². The molecule has 8 heteroatoms. The Balaban J connectivity index is 1.94. The fraction of sp³-hybridized carbons (Fsp3) is 0.136. The smallest absolute Gasteiger partial charge is 0.336 e. The van der Waals surface area contributed by atoms with E-state index in [1.165, 1.54) is 22.5 Å². The fourth-order valence-electron chi connectivity index (χ4n) is 2.95. The predicted octanol–water partition coefficient (Wildman–Crippen LogP) is 5.23. The second kappa shape index (κ2) is 9.75.